The molecule has 0 bridgehead atoms. The predicted molar refractivity (Wildman–Crippen MR) is 138 cm³/mol. The zero-order chi connectivity index (χ0) is 23.8. The van der Waals surface area contributed by atoms with Gasteiger partial charge in [0.1, 0.15) is 11.6 Å². The van der Waals surface area contributed by atoms with Crippen LogP contribution in [0.1, 0.15) is 38.4 Å². The summed E-state index contributed by atoms with van der Waals surface area (Å²) < 4.78 is 7.61. The van der Waals surface area contributed by atoms with Gasteiger partial charge >= 0.3 is 0 Å². The molecule has 7 nitrogen and oxygen atoms in total. The van der Waals surface area contributed by atoms with Crippen LogP contribution in [-0.4, -0.2) is 65.2 Å². The molecule has 1 aliphatic heterocycles. The molecule has 0 atom stereocenters. The van der Waals surface area contributed by atoms with Gasteiger partial charge in [-0.3, -0.25) is 14.3 Å². The summed E-state index contributed by atoms with van der Waals surface area (Å²) in [6.45, 7) is 9.10. The SMILES string of the molecule is CCOc1ccccc1-n1c(CN2CCN(CCCCCCN)CC2)nc2ccccc2c1=O. The molecule has 0 aliphatic carbocycles. The van der Waals surface area contributed by atoms with Crippen molar-refractivity contribution >= 4 is 10.9 Å². The van der Waals surface area contributed by atoms with E-state index in [9.17, 15) is 4.79 Å². The van der Waals surface area contributed by atoms with Gasteiger partial charge in [0.2, 0.25) is 0 Å². The number of ether oxygens (including phenoxy) is 1. The first-order valence-corrected chi connectivity index (χ1v) is 12.6. The Morgan fingerprint density at radius 1 is 0.912 bits per heavy atom. The van der Waals surface area contributed by atoms with Gasteiger partial charge in [-0.05, 0) is 57.1 Å². The summed E-state index contributed by atoms with van der Waals surface area (Å²) in [7, 11) is 0. The number of nitrogens with two attached hydrogens (primary N) is 1. The highest BCUT2D eigenvalue weighted by atomic mass is 16.5. The lowest BCUT2D eigenvalue weighted by Crippen LogP contribution is -2.46. The third-order valence-corrected chi connectivity index (χ3v) is 6.51. The van der Waals surface area contributed by atoms with Gasteiger partial charge in [0.25, 0.3) is 5.56 Å². The van der Waals surface area contributed by atoms with E-state index in [-0.39, 0.29) is 5.56 Å². The Hall–Kier alpha value is -2.74. The molecule has 3 aromatic rings. The largest absolute Gasteiger partial charge is 0.492 e. The van der Waals surface area contributed by atoms with Gasteiger partial charge in [0.15, 0.2) is 0 Å². The monoisotopic (exact) mass is 463 g/mol. The number of unbranched alkanes of at least 4 members (excludes halogenated alkanes) is 3. The van der Waals surface area contributed by atoms with Crippen molar-refractivity contribution in [3.05, 3.63) is 64.7 Å². The topological polar surface area (TPSA) is 76.6 Å². The van der Waals surface area contributed by atoms with Gasteiger partial charge < -0.3 is 15.4 Å². The lowest BCUT2D eigenvalue weighted by Gasteiger charge is -2.34. The van der Waals surface area contributed by atoms with E-state index >= 15 is 0 Å². The van der Waals surface area contributed by atoms with Crippen molar-refractivity contribution in [2.24, 2.45) is 5.73 Å². The Morgan fingerprint density at radius 3 is 2.41 bits per heavy atom. The average Bonchev–Trinajstić information content (AvgIpc) is 2.86. The molecule has 0 amide bonds. The number of fused-ring (bicyclic) bond motifs is 1. The van der Waals surface area contributed by atoms with Crippen molar-refractivity contribution in [2.75, 3.05) is 45.9 Å². The maximum absolute atomic E-state index is 13.6. The molecule has 2 aromatic carbocycles. The summed E-state index contributed by atoms with van der Waals surface area (Å²) in [4.78, 5) is 23.5. The van der Waals surface area contributed by atoms with Crippen LogP contribution in [0.2, 0.25) is 0 Å². The van der Waals surface area contributed by atoms with Crippen LogP contribution in [0.3, 0.4) is 0 Å². The fraction of sp³-hybridized carbons (Fsp3) is 0.481. The molecule has 1 saturated heterocycles. The zero-order valence-electron chi connectivity index (χ0n) is 20.3. The normalized spacial score (nSPS) is 15.1. The molecule has 2 heterocycles. The minimum Gasteiger partial charge on any atom is -0.492 e. The Morgan fingerprint density at radius 2 is 1.62 bits per heavy atom. The number of hydrogen-bond donors (Lipinski definition) is 1. The molecule has 4 rings (SSSR count). The molecule has 0 spiro atoms. The molecule has 34 heavy (non-hydrogen) atoms. The number of aromatic nitrogens is 2. The summed E-state index contributed by atoms with van der Waals surface area (Å²) in [6.07, 6.45) is 4.84. The van der Waals surface area contributed by atoms with Gasteiger partial charge in [0, 0.05) is 26.2 Å². The summed E-state index contributed by atoms with van der Waals surface area (Å²) >= 11 is 0. The van der Waals surface area contributed by atoms with E-state index in [4.69, 9.17) is 15.5 Å². The Kier molecular flexibility index (Phi) is 8.68. The van der Waals surface area contributed by atoms with Gasteiger partial charge in [-0.25, -0.2) is 4.98 Å². The second-order valence-electron chi connectivity index (χ2n) is 8.91. The highest BCUT2D eigenvalue weighted by molar-refractivity contribution is 5.78. The number of nitrogens with zero attached hydrogens (tertiary/aromatic N) is 4. The molecule has 0 saturated carbocycles. The maximum atomic E-state index is 13.6. The van der Waals surface area contributed by atoms with E-state index in [1.54, 1.807) is 4.57 Å². The van der Waals surface area contributed by atoms with Gasteiger partial charge in [-0.1, -0.05) is 37.1 Å². The van der Waals surface area contributed by atoms with Crippen LogP contribution in [-0.2, 0) is 6.54 Å². The third-order valence-electron chi connectivity index (χ3n) is 6.51. The molecule has 182 valence electrons. The highest BCUT2D eigenvalue weighted by Crippen LogP contribution is 2.24. The molecule has 0 radical (unpaired) electrons. The van der Waals surface area contributed by atoms with Crippen molar-refractivity contribution in [1.82, 2.24) is 19.4 Å². The third kappa shape index (κ3) is 5.84. The zero-order valence-corrected chi connectivity index (χ0v) is 20.3. The van der Waals surface area contributed by atoms with E-state index in [2.05, 4.69) is 9.80 Å². The van der Waals surface area contributed by atoms with Crippen molar-refractivity contribution < 1.29 is 4.74 Å². The quantitative estimate of drug-likeness (QED) is 0.439. The minimum atomic E-state index is -0.0520. The van der Waals surface area contributed by atoms with E-state index < -0.39 is 0 Å². The fourth-order valence-electron chi connectivity index (χ4n) is 4.66. The second kappa shape index (κ2) is 12.1. The van der Waals surface area contributed by atoms with Crippen LogP contribution in [0.25, 0.3) is 16.6 Å². The summed E-state index contributed by atoms with van der Waals surface area (Å²) in [5.41, 5.74) is 7.03. The summed E-state index contributed by atoms with van der Waals surface area (Å²) in [5, 5.41) is 0.622. The highest BCUT2D eigenvalue weighted by Gasteiger charge is 2.21. The summed E-state index contributed by atoms with van der Waals surface area (Å²) in [5.74, 6) is 1.45. The lowest BCUT2D eigenvalue weighted by molar-refractivity contribution is 0.122. The fourth-order valence-corrected chi connectivity index (χ4v) is 4.66. The van der Waals surface area contributed by atoms with Gasteiger partial charge in [0.05, 0.1) is 29.7 Å². The van der Waals surface area contributed by atoms with Crippen LogP contribution >= 0.6 is 0 Å². The molecule has 1 aliphatic rings. The molecule has 1 fully saturated rings. The van der Waals surface area contributed by atoms with Crippen molar-refractivity contribution in [3.63, 3.8) is 0 Å². The average molecular weight is 464 g/mol. The van der Waals surface area contributed by atoms with Crippen molar-refractivity contribution in [1.29, 1.82) is 0 Å². The first kappa shape index (κ1) is 24.4. The van der Waals surface area contributed by atoms with Gasteiger partial charge in [-0.2, -0.15) is 0 Å². The maximum Gasteiger partial charge on any atom is 0.266 e. The molecule has 7 heteroatoms. The predicted octanol–water partition coefficient (Wildman–Crippen LogP) is 3.42. The molecular weight excluding hydrogens is 426 g/mol. The van der Waals surface area contributed by atoms with E-state index in [1.165, 1.54) is 19.3 Å². The Balaban J connectivity index is 1.54. The molecule has 1 aromatic heterocycles. The first-order chi connectivity index (χ1) is 16.7. The standard InChI is InChI=1S/C27H37N5O2/c1-2-34-25-14-8-7-13-24(25)32-26(29-23-12-6-5-11-22(23)27(32)33)21-31-19-17-30(18-20-31)16-10-4-3-9-15-28/h5-8,11-14H,2-4,9-10,15-21,28H2,1H3. The van der Waals surface area contributed by atoms with Crippen LogP contribution in [0, 0.1) is 0 Å². The smallest absolute Gasteiger partial charge is 0.266 e. The summed E-state index contributed by atoms with van der Waals surface area (Å²) in [6, 6.07) is 15.3. The number of benzene rings is 2. The lowest BCUT2D eigenvalue weighted by atomic mass is 10.2. The molecular formula is C27H37N5O2. The van der Waals surface area contributed by atoms with Crippen LogP contribution in [0.4, 0.5) is 0 Å². The van der Waals surface area contributed by atoms with Crippen molar-refractivity contribution in [3.8, 4) is 11.4 Å². The van der Waals surface area contributed by atoms with Gasteiger partial charge in [-0.15, -0.1) is 0 Å². The number of hydrogen-bond acceptors (Lipinski definition) is 6. The number of para-hydroxylation sites is 3. The van der Waals surface area contributed by atoms with Crippen LogP contribution in [0.15, 0.2) is 53.3 Å². The van der Waals surface area contributed by atoms with Crippen LogP contribution < -0.4 is 16.0 Å². The van der Waals surface area contributed by atoms with Crippen molar-refractivity contribution in [2.45, 2.75) is 39.2 Å². The molecule has 2 N–H and O–H groups in total. The van der Waals surface area contributed by atoms with E-state index in [1.807, 2.05) is 55.5 Å². The number of piperazine rings is 1. The second-order valence-corrected chi connectivity index (χ2v) is 8.91. The van der Waals surface area contributed by atoms with Crippen LogP contribution in [0.5, 0.6) is 5.75 Å². The minimum absolute atomic E-state index is 0.0520. The van der Waals surface area contributed by atoms with E-state index in [0.29, 0.717) is 24.3 Å². The molecule has 0 unspecified atom stereocenters. The Bertz CT molecular complexity index is 1120. The number of rotatable bonds is 11. The van der Waals surface area contributed by atoms with E-state index in [0.717, 1.165) is 62.7 Å². The Labute approximate surface area is 202 Å². The first-order valence-electron chi connectivity index (χ1n) is 12.6.